The molecule has 2 N–H and O–H groups in total. The molecule has 1 atom stereocenters. The van der Waals surface area contributed by atoms with E-state index in [4.69, 9.17) is 5.11 Å². The van der Waals surface area contributed by atoms with Crippen LogP contribution in [0.25, 0.3) is 0 Å². The van der Waals surface area contributed by atoms with E-state index in [0.717, 1.165) is 0 Å². The second-order valence-corrected chi connectivity index (χ2v) is 5.02. The SMILES string of the molecule is CC(NC(=O)c1cccs1)C(=O)N(C)CCC(=O)O. The van der Waals surface area contributed by atoms with Crippen molar-refractivity contribution in [3.63, 3.8) is 0 Å². The summed E-state index contributed by atoms with van der Waals surface area (Å²) in [6, 6.07) is 2.74. The van der Waals surface area contributed by atoms with E-state index in [2.05, 4.69) is 5.32 Å². The number of carboxylic acid groups (broad SMARTS) is 1. The first-order chi connectivity index (χ1) is 8.91. The van der Waals surface area contributed by atoms with Crippen LogP contribution < -0.4 is 5.32 Å². The molecule has 19 heavy (non-hydrogen) atoms. The molecule has 6 nitrogen and oxygen atoms in total. The lowest BCUT2D eigenvalue weighted by Gasteiger charge is -2.21. The zero-order chi connectivity index (χ0) is 14.4. The molecular weight excluding hydrogens is 268 g/mol. The van der Waals surface area contributed by atoms with Crippen LogP contribution in [0.15, 0.2) is 17.5 Å². The van der Waals surface area contributed by atoms with Crippen molar-refractivity contribution in [3.05, 3.63) is 22.4 Å². The summed E-state index contributed by atoms with van der Waals surface area (Å²) in [5.74, 6) is -1.58. The monoisotopic (exact) mass is 284 g/mol. The van der Waals surface area contributed by atoms with Crippen LogP contribution in [0.3, 0.4) is 0 Å². The van der Waals surface area contributed by atoms with Gasteiger partial charge in [-0.2, -0.15) is 0 Å². The Labute approximate surface area is 115 Å². The summed E-state index contributed by atoms with van der Waals surface area (Å²) in [6.07, 6.45) is -0.117. The zero-order valence-corrected chi connectivity index (χ0v) is 11.6. The van der Waals surface area contributed by atoms with Gasteiger partial charge in [0.1, 0.15) is 6.04 Å². The highest BCUT2D eigenvalue weighted by Crippen LogP contribution is 2.08. The lowest BCUT2D eigenvalue weighted by molar-refractivity contribution is -0.138. The second kappa shape index (κ2) is 6.89. The summed E-state index contributed by atoms with van der Waals surface area (Å²) in [5, 5.41) is 12.9. The van der Waals surface area contributed by atoms with Crippen LogP contribution in [0.1, 0.15) is 23.0 Å². The van der Waals surface area contributed by atoms with E-state index in [1.165, 1.54) is 23.3 Å². The summed E-state index contributed by atoms with van der Waals surface area (Å²) in [7, 11) is 1.51. The van der Waals surface area contributed by atoms with E-state index in [-0.39, 0.29) is 24.8 Å². The van der Waals surface area contributed by atoms with Crippen molar-refractivity contribution in [2.24, 2.45) is 0 Å². The van der Waals surface area contributed by atoms with Crippen molar-refractivity contribution in [2.75, 3.05) is 13.6 Å². The number of rotatable bonds is 6. The van der Waals surface area contributed by atoms with E-state index < -0.39 is 12.0 Å². The molecule has 0 fully saturated rings. The maximum atomic E-state index is 11.9. The Hall–Kier alpha value is -1.89. The van der Waals surface area contributed by atoms with Crippen LogP contribution in [-0.4, -0.2) is 47.4 Å². The molecule has 0 radical (unpaired) electrons. The second-order valence-electron chi connectivity index (χ2n) is 4.08. The van der Waals surface area contributed by atoms with Gasteiger partial charge in [0.05, 0.1) is 11.3 Å². The van der Waals surface area contributed by atoms with E-state index in [1.54, 1.807) is 24.4 Å². The van der Waals surface area contributed by atoms with Gasteiger partial charge in [0, 0.05) is 13.6 Å². The number of carbonyl (C=O) groups excluding carboxylic acids is 2. The largest absolute Gasteiger partial charge is 0.481 e. The fourth-order valence-corrected chi connectivity index (χ4v) is 2.07. The highest BCUT2D eigenvalue weighted by atomic mass is 32.1. The summed E-state index contributed by atoms with van der Waals surface area (Å²) in [4.78, 5) is 35.9. The minimum absolute atomic E-state index is 0.117. The molecule has 0 saturated heterocycles. The quantitative estimate of drug-likeness (QED) is 0.809. The number of hydrogen-bond acceptors (Lipinski definition) is 4. The number of carboxylic acids is 1. The standard InChI is InChI=1S/C12H16N2O4S/c1-8(12(18)14(2)6-5-10(15)16)13-11(17)9-4-3-7-19-9/h3-4,7-8H,5-6H2,1-2H3,(H,13,17)(H,15,16). The molecule has 104 valence electrons. The van der Waals surface area contributed by atoms with Crippen LogP contribution in [0, 0.1) is 0 Å². The van der Waals surface area contributed by atoms with Gasteiger partial charge in [-0.15, -0.1) is 11.3 Å². The maximum absolute atomic E-state index is 11.9. The molecule has 0 aliphatic heterocycles. The third-order valence-corrected chi connectivity index (χ3v) is 3.37. The lowest BCUT2D eigenvalue weighted by Crippen LogP contribution is -2.45. The highest BCUT2D eigenvalue weighted by molar-refractivity contribution is 7.12. The molecule has 1 heterocycles. The average molecular weight is 284 g/mol. The van der Waals surface area contributed by atoms with Crippen LogP contribution in [-0.2, 0) is 9.59 Å². The van der Waals surface area contributed by atoms with E-state index in [0.29, 0.717) is 4.88 Å². The van der Waals surface area contributed by atoms with E-state index >= 15 is 0 Å². The number of likely N-dealkylation sites (N-methyl/N-ethyl adjacent to an activating group) is 1. The molecule has 0 bridgehead atoms. The topological polar surface area (TPSA) is 86.7 Å². The first-order valence-corrected chi connectivity index (χ1v) is 6.61. The lowest BCUT2D eigenvalue weighted by atomic mass is 10.2. The first kappa shape index (κ1) is 15.2. The molecule has 0 aromatic carbocycles. The van der Waals surface area contributed by atoms with Crippen LogP contribution in [0.2, 0.25) is 0 Å². The third kappa shape index (κ3) is 4.70. The van der Waals surface area contributed by atoms with Gasteiger partial charge >= 0.3 is 5.97 Å². The number of nitrogens with zero attached hydrogens (tertiary/aromatic N) is 1. The summed E-state index contributed by atoms with van der Waals surface area (Å²) >= 11 is 1.29. The van der Waals surface area contributed by atoms with Gasteiger partial charge in [-0.05, 0) is 18.4 Å². The smallest absolute Gasteiger partial charge is 0.305 e. The summed E-state index contributed by atoms with van der Waals surface area (Å²) in [5.41, 5.74) is 0. The molecular formula is C12H16N2O4S. The Morgan fingerprint density at radius 2 is 2.16 bits per heavy atom. The fraction of sp³-hybridized carbons (Fsp3) is 0.417. The van der Waals surface area contributed by atoms with Crippen molar-refractivity contribution in [1.82, 2.24) is 10.2 Å². The fourth-order valence-electron chi connectivity index (χ4n) is 1.44. The molecule has 0 aliphatic rings. The number of carbonyl (C=O) groups is 3. The molecule has 1 aromatic rings. The minimum atomic E-state index is -0.963. The number of hydrogen-bond donors (Lipinski definition) is 2. The van der Waals surface area contributed by atoms with Gasteiger partial charge < -0.3 is 15.3 Å². The first-order valence-electron chi connectivity index (χ1n) is 5.73. The van der Waals surface area contributed by atoms with E-state index in [9.17, 15) is 14.4 Å². The van der Waals surface area contributed by atoms with Gasteiger partial charge in [-0.3, -0.25) is 14.4 Å². The Morgan fingerprint density at radius 3 is 2.68 bits per heavy atom. The molecule has 1 aromatic heterocycles. The van der Waals surface area contributed by atoms with Crippen molar-refractivity contribution in [1.29, 1.82) is 0 Å². The normalized spacial score (nSPS) is 11.7. The van der Waals surface area contributed by atoms with Gasteiger partial charge in [0.25, 0.3) is 5.91 Å². The number of aliphatic carboxylic acids is 1. The molecule has 2 amide bonds. The number of amides is 2. The highest BCUT2D eigenvalue weighted by Gasteiger charge is 2.20. The van der Waals surface area contributed by atoms with Crippen molar-refractivity contribution >= 4 is 29.1 Å². The number of thiophene rings is 1. The molecule has 7 heteroatoms. The Morgan fingerprint density at radius 1 is 1.47 bits per heavy atom. The Balaban J connectivity index is 2.48. The van der Waals surface area contributed by atoms with Crippen molar-refractivity contribution in [3.8, 4) is 0 Å². The Kier molecular flexibility index (Phi) is 5.50. The molecule has 1 rings (SSSR count). The van der Waals surface area contributed by atoms with Gasteiger partial charge in [-0.25, -0.2) is 0 Å². The maximum Gasteiger partial charge on any atom is 0.305 e. The molecule has 1 unspecified atom stereocenters. The third-order valence-electron chi connectivity index (χ3n) is 2.50. The minimum Gasteiger partial charge on any atom is -0.481 e. The summed E-state index contributed by atoms with van der Waals surface area (Å²) in [6.45, 7) is 1.69. The Bertz CT molecular complexity index is 458. The van der Waals surface area contributed by atoms with Gasteiger partial charge in [0.15, 0.2) is 0 Å². The molecule has 0 aliphatic carbocycles. The molecule has 0 spiro atoms. The zero-order valence-electron chi connectivity index (χ0n) is 10.8. The predicted octanol–water partition coefficient (Wildman–Crippen LogP) is 0.800. The van der Waals surface area contributed by atoms with Gasteiger partial charge in [0.2, 0.25) is 5.91 Å². The van der Waals surface area contributed by atoms with Crippen molar-refractivity contribution < 1.29 is 19.5 Å². The van der Waals surface area contributed by atoms with Gasteiger partial charge in [-0.1, -0.05) is 6.07 Å². The van der Waals surface area contributed by atoms with E-state index in [1.807, 2.05) is 0 Å². The van der Waals surface area contributed by atoms with Crippen LogP contribution in [0.4, 0.5) is 0 Å². The summed E-state index contributed by atoms with van der Waals surface area (Å²) < 4.78 is 0. The van der Waals surface area contributed by atoms with Crippen molar-refractivity contribution in [2.45, 2.75) is 19.4 Å². The number of nitrogens with one attached hydrogen (secondary N) is 1. The predicted molar refractivity (Wildman–Crippen MR) is 71.1 cm³/mol. The van der Waals surface area contributed by atoms with Crippen LogP contribution in [0.5, 0.6) is 0 Å². The molecule has 0 saturated carbocycles. The average Bonchev–Trinajstić information content (AvgIpc) is 2.88. The van der Waals surface area contributed by atoms with Crippen LogP contribution >= 0.6 is 11.3 Å².